The quantitative estimate of drug-likeness (QED) is 0.679. The Morgan fingerprint density at radius 3 is 2.61 bits per heavy atom. The van der Waals surface area contributed by atoms with E-state index in [4.69, 9.17) is 4.74 Å². The lowest BCUT2D eigenvalue weighted by Gasteiger charge is -2.12. The fraction of sp³-hybridized carbons (Fsp3) is 0.167. The molecule has 116 valence electrons. The fourth-order valence-electron chi connectivity index (χ4n) is 2.34. The number of hydrogen-bond donors (Lipinski definition) is 0. The van der Waals surface area contributed by atoms with Gasteiger partial charge >= 0.3 is 0 Å². The summed E-state index contributed by atoms with van der Waals surface area (Å²) < 4.78 is 7.54. The Morgan fingerprint density at radius 2 is 1.87 bits per heavy atom. The normalized spacial score (nSPS) is 10.5. The first-order chi connectivity index (χ1) is 11.2. The van der Waals surface area contributed by atoms with E-state index in [1.807, 2.05) is 62.4 Å². The Labute approximate surface area is 134 Å². The highest BCUT2D eigenvalue weighted by atomic mass is 16.5. The van der Waals surface area contributed by atoms with Crippen LogP contribution in [0, 0.1) is 13.8 Å². The van der Waals surface area contributed by atoms with E-state index < -0.39 is 0 Å². The number of nitrogens with zero attached hydrogens (tertiary/aromatic N) is 3. The van der Waals surface area contributed by atoms with Crippen molar-refractivity contribution in [2.75, 3.05) is 0 Å². The number of ether oxygens (including phenoxy) is 1. The van der Waals surface area contributed by atoms with Gasteiger partial charge in [-0.1, -0.05) is 35.5 Å². The number of aryl methyl sites for hydroxylation is 1. The van der Waals surface area contributed by atoms with E-state index in [9.17, 15) is 4.79 Å². The molecule has 0 aliphatic heterocycles. The van der Waals surface area contributed by atoms with Crippen LogP contribution in [0.15, 0.2) is 48.5 Å². The van der Waals surface area contributed by atoms with Crippen LogP contribution in [-0.4, -0.2) is 21.3 Å². The van der Waals surface area contributed by atoms with Crippen LogP contribution < -0.4 is 4.74 Å². The fourth-order valence-corrected chi connectivity index (χ4v) is 2.34. The molecule has 0 radical (unpaired) electrons. The van der Waals surface area contributed by atoms with Gasteiger partial charge in [-0.25, -0.2) is 4.68 Å². The maximum Gasteiger partial charge on any atom is 0.172 e. The lowest BCUT2D eigenvalue weighted by Crippen LogP contribution is -2.08. The number of carbonyl (C=O) groups is 1. The van der Waals surface area contributed by atoms with Crippen molar-refractivity contribution in [3.63, 3.8) is 0 Å². The van der Waals surface area contributed by atoms with Crippen molar-refractivity contribution >= 4 is 6.29 Å². The maximum absolute atomic E-state index is 11.2. The van der Waals surface area contributed by atoms with E-state index in [0.29, 0.717) is 17.7 Å². The van der Waals surface area contributed by atoms with Crippen LogP contribution in [-0.2, 0) is 6.61 Å². The molecule has 5 heteroatoms. The van der Waals surface area contributed by atoms with E-state index >= 15 is 0 Å². The van der Waals surface area contributed by atoms with Crippen molar-refractivity contribution in [1.29, 1.82) is 0 Å². The molecule has 0 atom stereocenters. The van der Waals surface area contributed by atoms with Crippen molar-refractivity contribution in [2.45, 2.75) is 20.5 Å². The Kier molecular flexibility index (Phi) is 4.19. The number of aromatic nitrogens is 3. The number of rotatable bonds is 5. The van der Waals surface area contributed by atoms with Crippen molar-refractivity contribution in [3.8, 4) is 11.4 Å². The molecule has 2 aromatic carbocycles. The summed E-state index contributed by atoms with van der Waals surface area (Å²) in [6.45, 7) is 4.27. The first kappa shape index (κ1) is 15.0. The van der Waals surface area contributed by atoms with E-state index in [2.05, 4.69) is 10.3 Å². The van der Waals surface area contributed by atoms with Crippen LogP contribution in [0.1, 0.15) is 27.3 Å². The summed E-state index contributed by atoms with van der Waals surface area (Å²) in [7, 11) is 0. The van der Waals surface area contributed by atoms with Crippen molar-refractivity contribution in [2.24, 2.45) is 0 Å². The summed E-state index contributed by atoms with van der Waals surface area (Å²) in [5, 5.41) is 7.99. The lowest BCUT2D eigenvalue weighted by atomic mass is 10.1. The molecule has 0 unspecified atom stereocenters. The molecule has 23 heavy (non-hydrogen) atoms. The van der Waals surface area contributed by atoms with Gasteiger partial charge in [0.1, 0.15) is 18.1 Å². The zero-order valence-corrected chi connectivity index (χ0v) is 13.1. The minimum absolute atomic E-state index is 0.222. The van der Waals surface area contributed by atoms with Crippen LogP contribution in [0.3, 0.4) is 0 Å². The highest BCUT2D eigenvalue weighted by molar-refractivity contribution is 5.73. The smallest absolute Gasteiger partial charge is 0.172 e. The largest absolute Gasteiger partial charge is 0.487 e. The first-order valence-electron chi connectivity index (χ1n) is 7.35. The minimum Gasteiger partial charge on any atom is -0.487 e. The summed E-state index contributed by atoms with van der Waals surface area (Å²) in [6.07, 6.45) is 0.703. The number of aldehydes is 1. The third-order valence-corrected chi connectivity index (χ3v) is 3.82. The predicted octanol–water partition coefficient (Wildman–Crippen LogP) is 3.28. The highest BCUT2D eigenvalue weighted by Crippen LogP contribution is 2.22. The number of benzene rings is 2. The summed E-state index contributed by atoms with van der Waals surface area (Å²) >= 11 is 0. The molecule has 3 aromatic rings. The van der Waals surface area contributed by atoms with Gasteiger partial charge in [0.15, 0.2) is 12.0 Å². The van der Waals surface area contributed by atoms with Gasteiger partial charge in [0.2, 0.25) is 0 Å². The maximum atomic E-state index is 11.2. The van der Waals surface area contributed by atoms with E-state index in [1.165, 1.54) is 0 Å². The number of carbonyl (C=O) groups excluding carboxylic acids is 1. The molecule has 0 aliphatic carbocycles. The Hall–Kier alpha value is -2.95. The van der Waals surface area contributed by atoms with Gasteiger partial charge in [0, 0.05) is 0 Å². The van der Waals surface area contributed by atoms with Crippen LogP contribution >= 0.6 is 0 Å². The molecule has 0 amide bonds. The second-order valence-electron chi connectivity index (χ2n) is 5.27. The molecule has 3 rings (SSSR count). The van der Waals surface area contributed by atoms with Gasteiger partial charge in [-0.3, -0.25) is 4.79 Å². The van der Waals surface area contributed by atoms with Crippen LogP contribution in [0.5, 0.6) is 5.75 Å². The average molecular weight is 307 g/mol. The van der Waals surface area contributed by atoms with Crippen molar-refractivity contribution in [1.82, 2.24) is 15.0 Å². The zero-order valence-electron chi connectivity index (χ0n) is 13.1. The molecular weight excluding hydrogens is 290 g/mol. The van der Waals surface area contributed by atoms with Crippen LogP contribution in [0.25, 0.3) is 5.69 Å². The molecule has 5 nitrogen and oxygen atoms in total. The topological polar surface area (TPSA) is 57.0 Å². The van der Waals surface area contributed by atoms with Gasteiger partial charge in [-0.05, 0) is 43.2 Å². The second kappa shape index (κ2) is 6.44. The molecule has 0 N–H and O–H groups in total. The molecule has 0 fully saturated rings. The van der Waals surface area contributed by atoms with Gasteiger partial charge < -0.3 is 4.74 Å². The van der Waals surface area contributed by atoms with Gasteiger partial charge in [0.05, 0.1) is 5.69 Å². The SMILES string of the molecule is Cc1cccc(OCc2c(C=O)nnn2-c2ccccc2)c1C. The minimum atomic E-state index is 0.222. The summed E-state index contributed by atoms with van der Waals surface area (Å²) in [4.78, 5) is 11.2. The summed E-state index contributed by atoms with van der Waals surface area (Å²) in [6, 6.07) is 15.5. The molecule has 0 saturated heterocycles. The average Bonchev–Trinajstić information content (AvgIpc) is 3.00. The molecule has 0 aliphatic rings. The van der Waals surface area contributed by atoms with Crippen LogP contribution in [0.2, 0.25) is 0 Å². The van der Waals surface area contributed by atoms with Gasteiger partial charge in [-0.2, -0.15) is 0 Å². The summed E-state index contributed by atoms with van der Waals surface area (Å²) in [5.74, 6) is 0.794. The third-order valence-electron chi connectivity index (χ3n) is 3.82. The van der Waals surface area contributed by atoms with Crippen molar-refractivity contribution < 1.29 is 9.53 Å². The van der Waals surface area contributed by atoms with E-state index in [-0.39, 0.29) is 6.61 Å². The monoisotopic (exact) mass is 307 g/mol. The molecule has 0 spiro atoms. The molecule has 1 heterocycles. The first-order valence-corrected chi connectivity index (χ1v) is 7.35. The van der Waals surface area contributed by atoms with Gasteiger partial charge in [0.25, 0.3) is 0 Å². The summed E-state index contributed by atoms with van der Waals surface area (Å²) in [5.41, 5.74) is 4.01. The highest BCUT2D eigenvalue weighted by Gasteiger charge is 2.15. The van der Waals surface area contributed by atoms with E-state index in [1.54, 1.807) is 4.68 Å². The number of para-hydroxylation sites is 1. The van der Waals surface area contributed by atoms with Crippen LogP contribution in [0.4, 0.5) is 0 Å². The second-order valence-corrected chi connectivity index (χ2v) is 5.27. The Bertz CT molecular complexity index is 826. The predicted molar refractivity (Wildman–Crippen MR) is 87.0 cm³/mol. The molecule has 1 aromatic heterocycles. The van der Waals surface area contributed by atoms with E-state index in [0.717, 1.165) is 22.6 Å². The third kappa shape index (κ3) is 2.99. The standard InChI is InChI=1S/C18H17N3O2/c1-13-7-6-10-18(14(13)2)23-12-17-16(11-22)19-20-21(17)15-8-4-3-5-9-15/h3-11H,12H2,1-2H3. The Balaban J connectivity index is 1.92. The molecule has 0 bridgehead atoms. The molecule has 0 saturated carbocycles. The molecular formula is C18H17N3O2. The van der Waals surface area contributed by atoms with Crippen molar-refractivity contribution in [3.05, 3.63) is 71.0 Å². The zero-order chi connectivity index (χ0) is 16.2. The lowest BCUT2D eigenvalue weighted by molar-refractivity contribution is 0.111. The Morgan fingerprint density at radius 1 is 1.09 bits per heavy atom. The van der Waals surface area contributed by atoms with Gasteiger partial charge in [-0.15, -0.1) is 5.10 Å². The number of hydrogen-bond acceptors (Lipinski definition) is 4.